The molecule has 1 atom stereocenters. The summed E-state index contributed by atoms with van der Waals surface area (Å²) in [4.78, 5) is 38.3. The zero-order valence-corrected chi connectivity index (χ0v) is 19.6. The van der Waals surface area contributed by atoms with Crippen LogP contribution in [0.2, 0.25) is 0 Å². The van der Waals surface area contributed by atoms with E-state index in [9.17, 15) is 18.8 Å². The van der Waals surface area contributed by atoms with Gasteiger partial charge in [-0.05, 0) is 49.2 Å². The lowest BCUT2D eigenvalue weighted by Crippen LogP contribution is -2.34. The zero-order valence-electron chi connectivity index (χ0n) is 17.2. The molecule has 1 fully saturated rings. The standard InChI is InChI=1S/C22H21BrFN3O4S/c1-2-31-19(28)8-9-27(17-7-6-15(23)12-16(17)24)21(30)14-5-3-4-13(10-14)11-18-20(29)26-22(25)32-18/h3-7,10,12,18H,2,8-9,11H2,1H3,(H2,25,26,29). The van der Waals surface area contributed by atoms with Gasteiger partial charge in [-0.3, -0.25) is 19.8 Å². The fraction of sp³-hybridized carbons (Fsp3) is 0.273. The summed E-state index contributed by atoms with van der Waals surface area (Å²) >= 11 is 4.33. The molecule has 0 saturated carbocycles. The summed E-state index contributed by atoms with van der Waals surface area (Å²) in [5, 5.41) is 9.68. The van der Waals surface area contributed by atoms with Crippen LogP contribution >= 0.6 is 27.7 Å². The molecule has 1 heterocycles. The molecule has 7 nitrogen and oxygen atoms in total. The van der Waals surface area contributed by atoms with Crippen molar-refractivity contribution >= 4 is 56.3 Å². The van der Waals surface area contributed by atoms with Gasteiger partial charge in [-0.2, -0.15) is 0 Å². The lowest BCUT2D eigenvalue weighted by Gasteiger charge is -2.23. The monoisotopic (exact) mass is 521 g/mol. The highest BCUT2D eigenvalue weighted by atomic mass is 79.9. The lowest BCUT2D eigenvalue weighted by atomic mass is 10.0. The van der Waals surface area contributed by atoms with Gasteiger partial charge in [0, 0.05) is 16.6 Å². The molecule has 2 aromatic rings. The van der Waals surface area contributed by atoms with E-state index in [0.717, 1.165) is 17.3 Å². The average molecular weight is 522 g/mol. The van der Waals surface area contributed by atoms with Crippen LogP contribution in [0.3, 0.4) is 0 Å². The second-order valence-electron chi connectivity index (χ2n) is 6.94. The molecule has 2 amide bonds. The number of esters is 1. The molecule has 1 aliphatic rings. The number of ether oxygens (including phenoxy) is 1. The fourth-order valence-electron chi connectivity index (χ4n) is 3.22. The normalized spacial score (nSPS) is 15.4. The van der Waals surface area contributed by atoms with Gasteiger partial charge < -0.3 is 15.0 Å². The predicted octanol–water partition coefficient (Wildman–Crippen LogP) is 3.90. The highest BCUT2D eigenvalue weighted by Crippen LogP contribution is 2.26. The summed E-state index contributed by atoms with van der Waals surface area (Å²) < 4.78 is 20.1. The molecule has 0 aromatic heterocycles. The number of amides is 2. The molecule has 3 rings (SSSR count). The van der Waals surface area contributed by atoms with Crippen molar-refractivity contribution in [3.8, 4) is 0 Å². The highest BCUT2D eigenvalue weighted by Gasteiger charge is 2.29. The summed E-state index contributed by atoms with van der Waals surface area (Å²) in [5.41, 5.74) is 1.08. The van der Waals surface area contributed by atoms with Crippen LogP contribution in [-0.2, 0) is 20.7 Å². The number of benzene rings is 2. The SMILES string of the molecule is CCOC(=O)CCN(C(=O)c1cccc(CC2SC(=N)NC2=O)c1)c1ccc(Br)cc1F. The van der Waals surface area contributed by atoms with Crippen molar-refractivity contribution in [3.05, 3.63) is 63.9 Å². The van der Waals surface area contributed by atoms with Crippen LogP contribution in [-0.4, -0.2) is 41.4 Å². The quantitative estimate of drug-likeness (QED) is 0.513. The number of nitrogens with one attached hydrogen (secondary N) is 2. The maximum atomic E-state index is 14.7. The van der Waals surface area contributed by atoms with Gasteiger partial charge in [-0.15, -0.1) is 0 Å². The van der Waals surface area contributed by atoms with E-state index in [2.05, 4.69) is 21.2 Å². The van der Waals surface area contributed by atoms with Crippen molar-refractivity contribution in [2.45, 2.75) is 25.0 Å². The summed E-state index contributed by atoms with van der Waals surface area (Å²) in [5.74, 6) is -1.81. The van der Waals surface area contributed by atoms with Crippen molar-refractivity contribution < 1.29 is 23.5 Å². The summed E-state index contributed by atoms with van der Waals surface area (Å²) in [6.45, 7) is 1.84. The number of anilines is 1. The Morgan fingerprint density at radius 1 is 1.28 bits per heavy atom. The van der Waals surface area contributed by atoms with E-state index in [1.54, 1.807) is 37.3 Å². The van der Waals surface area contributed by atoms with Crippen molar-refractivity contribution in [3.63, 3.8) is 0 Å². The van der Waals surface area contributed by atoms with Gasteiger partial charge in [0.2, 0.25) is 5.91 Å². The Kier molecular flexibility index (Phi) is 8.03. The Bertz CT molecular complexity index is 1070. The van der Waals surface area contributed by atoms with E-state index < -0.39 is 22.9 Å². The van der Waals surface area contributed by atoms with E-state index in [1.807, 2.05) is 0 Å². The first kappa shape index (κ1) is 23.9. The Balaban J connectivity index is 1.85. The number of carbonyl (C=O) groups is 3. The van der Waals surface area contributed by atoms with Gasteiger partial charge in [0.15, 0.2) is 5.17 Å². The molecule has 32 heavy (non-hydrogen) atoms. The third kappa shape index (κ3) is 5.95. The van der Waals surface area contributed by atoms with Crippen LogP contribution in [0, 0.1) is 11.2 Å². The Hall–Kier alpha value is -2.72. The topological polar surface area (TPSA) is 99.6 Å². The second kappa shape index (κ2) is 10.7. The molecule has 0 bridgehead atoms. The van der Waals surface area contributed by atoms with Gasteiger partial charge in [0.1, 0.15) is 5.82 Å². The minimum absolute atomic E-state index is 0.0482. The van der Waals surface area contributed by atoms with E-state index in [4.69, 9.17) is 10.1 Å². The summed E-state index contributed by atoms with van der Waals surface area (Å²) in [6.07, 6.45) is 0.255. The van der Waals surface area contributed by atoms with Gasteiger partial charge in [0.05, 0.1) is 24.0 Å². The zero-order chi connectivity index (χ0) is 23.3. The minimum atomic E-state index is -0.606. The minimum Gasteiger partial charge on any atom is -0.466 e. The smallest absolute Gasteiger partial charge is 0.307 e. The van der Waals surface area contributed by atoms with Crippen LogP contribution in [0.25, 0.3) is 0 Å². The number of amidine groups is 1. The molecule has 0 radical (unpaired) electrons. The van der Waals surface area contributed by atoms with Crippen molar-refractivity contribution in [1.29, 1.82) is 5.41 Å². The molecular formula is C22H21BrFN3O4S. The van der Waals surface area contributed by atoms with Crippen LogP contribution in [0.5, 0.6) is 0 Å². The molecule has 2 N–H and O–H groups in total. The maximum absolute atomic E-state index is 14.7. The Morgan fingerprint density at radius 2 is 2.06 bits per heavy atom. The number of hydrogen-bond acceptors (Lipinski definition) is 6. The van der Waals surface area contributed by atoms with Crippen LogP contribution in [0.4, 0.5) is 10.1 Å². The maximum Gasteiger partial charge on any atom is 0.307 e. The molecular weight excluding hydrogens is 501 g/mol. The third-order valence-corrected chi connectivity index (χ3v) is 6.17. The van der Waals surface area contributed by atoms with Crippen molar-refractivity contribution in [1.82, 2.24) is 5.32 Å². The van der Waals surface area contributed by atoms with E-state index in [-0.39, 0.29) is 36.3 Å². The second-order valence-corrected chi connectivity index (χ2v) is 9.07. The Morgan fingerprint density at radius 3 is 2.72 bits per heavy atom. The number of rotatable bonds is 8. The Labute approximate surface area is 197 Å². The van der Waals surface area contributed by atoms with E-state index >= 15 is 0 Å². The van der Waals surface area contributed by atoms with Gasteiger partial charge in [-0.1, -0.05) is 39.8 Å². The number of hydrogen-bond donors (Lipinski definition) is 2. The van der Waals surface area contributed by atoms with Gasteiger partial charge >= 0.3 is 5.97 Å². The van der Waals surface area contributed by atoms with Gasteiger partial charge in [-0.25, -0.2) is 4.39 Å². The first-order valence-corrected chi connectivity index (χ1v) is 11.5. The van der Waals surface area contributed by atoms with Gasteiger partial charge in [0.25, 0.3) is 5.91 Å². The predicted molar refractivity (Wildman–Crippen MR) is 124 cm³/mol. The van der Waals surface area contributed by atoms with Crippen LogP contribution in [0.1, 0.15) is 29.3 Å². The first-order valence-electron chi connectivity index (χ1n) is 9.86. The van der Waals surface area contributed by atoms with E-state index in [0.29, 0.717) is 16.5 Å². The number of thioether (sulfide) groups is 1. The largest absolute Gasteiger partial charge is 0.466 e. The molecule has 2 aromatic carbocycles. The molecule has 1 aliphatic heterocycles. The number of nitrogens with zero attached hydrogens (tertiary/aromatic N) is 1. The third-order valence-electron chi connectivity index (χ3n) is 4.67. The molecule has 0 spiro atoms. The molecule has 0 aliphatic carbocycles. The summed E-state index contributed by atoms with van der Waals surface area (Å²) in [7, 11) is 0. The van der Waals surface area contributed by atoms with Crippen LogP contribution in [0.15, 0.2) is 46.9 Å². The first-order chi connectivity index (χ1) is 15.3. The summed E-state index contributed by atoms with van der Waals surface area (Å²) in [6, 6.07) is 11.1. The average Bonchev–Trinajstić information content (AvgIpc) is 3.06. The fourth-order valence-corrected chi connectivity index (χ4v) is 4.44. The highest BCUT2D eigenvalue weighted by molar-refractivity contribution is 9.10. The lowest BCUT2D eigenvalue weighted by molar-refractivity contribution is -0.142. The van der Waals surface area contributed by atoms with Crippen molar-refractivity contribution in [2.75, 3.05) is 18.1 Å². The van der Waals surface area contributed by atoms with Crippen LogP contribution < -0.4 is 10.2 Å². The molecule has 1 saturated heterocycles. The van der Waals surface area contributed by atoms with E-state index in [1.165, 1.54) is 17.0 Å². The number of carbonyl (C=O) groups excluding carboxylic acids is 3. The molecule has 1 unspecified atom stereocenters. The van der Waals surface area contributed by atoms with Crippen molar-refractivity contribution in [2.24, 2.45) is 0 Å². The number of halogens is 2. The molecule has 10 heteroatoms. The molecule has 168 valence electrons.